The van der Waals surface area contributed by atoms with Crippen molar-refractivity contribution in [3.8, 4) is 0 Å². The lowest BCUT2D eigenvalue weighted by atomic mass is 10.0. The maximum atomic E-state index is 14.4. The van der Waals surface area contributed by atoms with Gasteiger partial charge in [0.2, 0.25) is 5.91 Å². The zero-order valence-electron chi connectivity index (χ0n) is 17.9. The maximum Gasteiger partial charge on any atom is 0.274 e. The number of aryl methyl sites for hydroxylation is 1. The summed E-state index contributed by atoms with van der Waals surface area (Å²) in [6.07, 6.45) is 0.774. The first-order chi connectivity index (χ1) is 15.8. The number of rotatable bonds is 4. The third kappa shape index (κ3) is 2.94. The summed E-state index contributed by atoms with van der Waals surface area (Å²) in [5, 5.41) is 0. The molecule has 5 rings (SSSR count). The number of nitrogens with zero attached hydrogens (tertiary/aromatic N) is 2. The van der Waals surface area contributed by atoms with E-state index in [2.05, 4.69) is 0 Å². The van der Waals surface area contributed by atoms with Crippen LogP contribution in [-0.4, -0.2) is 26.0 Å². The van der Waals surface area contributed by atoms with E-state index in [9.17, 15) is 22.4 Å². The van der Waals surface area contributed by atoms with Crippen molar-refractivity contribution < 1.29 is 22.4 Å². The number of fused-ring (bicyclic) bond motifs is 2. The van der Waals surface area contributed by atoms with Gasteiger partial charge in [-0.05, 0) is 36.2 Å². The number of anilines is 2. The fourth-order valence-corrected chi connectivity index (χ4v) is 6.76. The Morgan fingerprint density at radius 2 is 1.61 bits per heavy atom. The van der Waals surface area contributed by atoms with E-state index in [1.54, 1.807) is 54.6 Å². The van der Waals surface area contributed by atoms with Crippen LogP contribution in [0.4, 0.5) is 15.8 Å². The maximum absolute atomic E-state index is 14.4. The number of carbonyl (C=O) groups is 2. The molecule has 0 unspecified atom stereocenters. The molecule has 168 valence electrons. The van der Waals surface area contributed by atoms with Crippen molar-refractivity contribution in [2.75, 3.05) is 15.6 Å². The minimum Gasteiger partial charge on any atom is -0.304 e. The highest BCUT2D eigenvalue weighted by Gasteiger charge is 2.69. The molecule has 0 saturated carbocycles. The third-order valence-corrected chi connectivity index (χ3v) is 8.42. The van der Waals surface area contributed by atoms with E-state index in [0.29, 0.717) is 11.4 Å². The van der Waals surface area contributed by atoms with Crippen LogP contribution in [0.1, 0.15) is 23.6 Å². The van der Waals surface area contributed by atoms with Gasteiger partial charge in [-0.3, -0.25) is 14.5 Å². The van der Waals surface area contributed by atoms with Crippen LogP contribution in [0, 0.1) is 5.82 Å². The first kappa shape index (κ1) is 21.3. The Bertz CT molecular complexity index is 1390. The van der Waals surface area contributed by atoms with Gasteiger partial charge in [0.25, 0.3) is 10.8 Å². The zero-order valence-corrected chi connectivity index (χ0v) is 18.7. The molecule has 2 heterocycles. The zero-order chi connectivity index (χ0) is 23.4. The molecule has 3 aromatic rings. The highest BCUT2D eigenvalue weighted by Crippen LogP contribution is 2.52. The predicted octanol–water partition coefficient (Wildman–Crippen LogP) is 3.55. The highest BCUT2D eigenvalue weighted by molar-refractivity contribution is 7.94. The van der Waals surface area contributed by atoms with Gasteiger partial charge < -0.3 is 4.90 Å². The summed E-state index contributed by atoms with van der Waals surface area (Å²) in [5.41, 5.74) is 2.14. The molecule has 1 spiro atoms. The Morgan fingerprint density at radius 3 is 2.30 bits per heavy atom. The molecule has 0 radical (unpaired) electrons. The Labute approximate surface area is 191 Å². The minimum absolute atomic E-state index is 0.156. The van der Waals surface area contributed by atoms with Gasteiger partial charge in [-0.15, -0.1) is 0 Å². The molecule has 8 heteroatoms. The summed E-state index contributed by atoms with van der Waals surface area (Å²) in [6.45, 7) is 1.83. The second-order valence-electron chi connectivity index (χ2n) is 8.15. The van der Waals surface area contributed by atoms with Crippen LogP contribution in [-0.2, 0) is 37.3 Å². The molecule has 1 atom stereocenters. The van der Waals surface area contributed by atoms with Crippen molar-refractivity contribution in [2.24, 2.45) is 0 Å². The molecule has 0 N–H and O–H groups in total. The molecule has 0 aromatic heterocycles. The fourth-order valence-electron chi connectivity index (χ4n) is 4.73. The lowest BCUT2D eigenvalue weighted by Crippen LogP contribution is -2.54. The number of hydrogen-bond donors (Lipinski definition) is 0. The van der Waals surface area contributed by atoms with Crippen LogP contribution in [0.15, 0.2) is 72.8 Å². The monoisotopic (exact) mass is 464 g/mol. The average Bonchev–Trinajstić information content (AvgIpc) is 3.18. The summed E-state index contributed by atoms with van der Waals surface area (Å²) in [4.78, 5) is 27.2. The van der Waals surface area contributed by atoms with E-state index in [4.69, 9.17) is 0 Å². The van der Waals surface area contributed by atoms with Crippen LogP contribution in [0.2, 0.25) is 0 Å². The predicted molar refractivity (Wildman–Crippen MR) is 123 cm³/mol. The number of amides is 2. The standard InChI is InChI=1S/C25H21FN2O4S/c1-2-17-11-13-19(14-12-17)28-23(29)16-33(31,32)25(28)20-8-4-6-10-22(20)27(24(25)30)15-18-7-3-5-9-21(18)26/h3-14H,2,15-16H2,1H3/t25-/m1/s1. The average molecular weight is 465 g/mol. The van der Waals surface area contributed by atoms with Crippen molar-refractivity contribution in [3.05, 3.63) is 95.3 Å². The highest BCUT2D eigenvalue weighted by atomic mass is 32.2. The second-order valence-corrected chi connectivity index (χ2v) is 10.3. The van der Waals surface area contributed by atoms with Gasteiger partial charge >= 0.3 is 0 Å². The second kappa shape index (κ2) is 7.52. The molecule has 2 aliphatic rings. The van der Waals surface area contributed by atoms with E-state index in [0.717, 1.165) is 16.9 Å². The molecule has 2 aliphatic heterocycles. The van der Waals surface area contributed by atoms with Crippen molar-refractivity contribution in [1.82, 2.24) is 0 Å². The number of halogens is 1. The quantitative estimate of drug-likeness (QED) is 0.592. The summed E-state index contributed by atoms with van der Waals surface area (Å²) >= 11 is 0. The number of hydrogen-bond acceptors (Lipinski definition) is 4. The topological polar surface area (TPSA) is 74.8 Å². The van der Waals surface area contributed by atoms with E-state index < -0.39 is 38.1 Å². The molecule has 0 bridgehead atoms. The fraction of sp³-hybridized carbons (Fsp3) is 0.200. The van der Waals surface area contributed by atoms with Crippen molar-refractivity contribution in [1.29, 1.82) is 0 Å². The van der Waals surface area contributed by atoms with E-state index in [1.807, 2.05) is 19.1 Å². The molecule has 33 heavy (non-hydrogen) atoms. The Balaban J connectivity index is 1.72. The minimum atomic E-state index is -4.26. The van der Waals surface area contributed by atoms with Gasteiger partial charge in [0.1, 0.15) is 11.6 Å². The summed E-state index contributed by atoms with van der Waals surface area (Å²) in [5.74, 6) is -2.73. The lowest BCUT2D eigenvalue weighted by molar-refractivity contribution is -0.123. The summed E-state index contributed by atoms with van der Waals surface area (Å²) in [6, 6.07) is 19.5. The van der Waals surface area contributed by atoms with E-state index in [1.165, 1.54) is 11.0 Å². The molecular weight excluding hydrogens is 443 g/mol. The van der Waals surface area contributed by atoms with Gasteiger partial charge in [0, 0.05) is 16.8 Å². The van der Waals surface area contributed by atoms with Crippen LogP contribution < -0.4 is 9.80 Å². The SMILES string of the molecule is CCc1ccc(N2C(=O)CS(=O)(=O)[C@]23C(=O)N(Cc2ccccc2F)c2ccccc23)cc1. The lowest BCUT2D eigenvalue weighted by Gasteiger charge is -2.32. The molecule has 1 fully saturated rings. The van der Waals surface area contributed by atoms with Crippen molar-refractivity contribution in [2.45, 2.75) is 24.8 Å². The molecule has 0 aliphatic carbocycles. The number of sulfone groups is 1. The van der Waals surface area contributed by atoms with Gasteiger partial charge in [0.05, 0.1) is 12.2 Å². The van der Waals surface area contributed by atoms with Gasteiger partial charge in [-0.1, -0.05) is 55.5 Å². The third-order valence-electron chi connectivity index (χ3n) is 6.31. The van der Waals surface area contributed by atoms with Crippen molar-refractivity contribution >= 4 is 33.0 Å². The van der Waals surface area contributed by atoms with Crippen LogP contribution in [0.3, 0.4) is 0 Å². The Morgan fingerprint density at radius 1 is 0.939 bits per heavy atom. The number of para-hydroxylation sites is 1. The van der Waals surface area contributed by atoms with E-state index in [-0.39, 0.29) is 17.7 Å². The van der Waals surface area contributed by atoms with Crippen molar-refractivity contribution in [3.63, 3.8) is 0 Å². The molecule has 6 nitrogen and oxygen atoms in total. The van der Waals surface area contributed by atoms with Gasteiger partial charge in [-0.25, -0.2) is 12.8 Å². The van der Waals surface area contributed by atoms with E-state index >= 15 is 0 Å². The first-order valence-corrected chi connectivity index (χ1v) is 12.3. The summed E-state index contributed by atoms with van der Waals surface area (Å²) in [7, 11) is -4.26. The molecular formula is C25H21FN2O4S. The van der Waals surface area contributed by atoms with Crippen LogP contribution in [0.5, 0.6) is 0 Å². The van der Waals surface area contributed by atoms with Gasteiger partial charge in [-0.2, -0.15) is 0 Å². The van der Waals surface area contributed by atoms with Crippen LogP contribution in [0.25, 0.3) is 0 Å². The normalized spacial score (nSPS) is 21.2. The van der Waals surface area contributed by atoms with Crippen LogP contribution >= 0.6 is 0 Å². The molecule has 3 aromatic carbocycles. The number of benzene rings is 3. The summed E-state index contributed by atoms with van der Waals surface area (Å²) < 4.78 is 41.5. The Kier molecular flexibility index (Phi) is 4.86. The van der Waals surface area contributed by atoms with Gasteiger partial charge in [0.15, 0.2) is 9.84 Å². The Hall–Kier alpha value is -3.52. The molecule has 2 amide bonds. The first-order valence-electron chi connectivity index (χ1n) is 10.6. The largest absolute Gasteiger partial charge is 0.304 e. The molecule has 1 saturated heterocycles. The number of carbonyl (C=O) groups excluding carboxylic acids is 2. The smallest absolute Gasteiger partial charge is 0.274 e.